The molecule has 0 unspecified atom stereocenters. The summed E-state index contributed by atoms with van der Waals surface area (Å²) in [6.07, 6.45) is 3.66. The molecule has 0 bridgehead atoms. The lowest BCUT2D eigenvalue weighted by atomic mass is 10.1. The molecule has 1 aliphatic rings. The van der Waals surface area contributed by atoms with Crippen LogP contribution in [0.2, 0.25) is 0 Å². The molecule has 4 heterocycles. The Morgan fingerprint density at radius 2 is 2.12 bits per heavy atom. The molecule has 34 heavy (non-hydrogen) atoms. The predicted molar refractivity (Wildman–Crippen MR) is 120 cm³/mol. The molecule has 5 rings (SSSR count). The Labute approximate surface area is 193 Å². The lowest BCUT2D eigenvalue weighted by molar-refractivity contribution is 0.102. The van der Waals surface area contributed by atoms with E-state index in [9.17, 15) is 13.6 Å². The second-order valence-corrected chi connectivity index (χ2v) is 7.96. The molecular formula is C23H22F2N6O3. The van der Waals surface area contributed by atoms with Crippen LogP contribution in [0.15, 0.2) is 47.3 Å². The number of methoxy groups -OCH3 is 1. The van der Waals surface area contributed by atoms with E-state index < -0.39 is 18.0 Å². The van der Waals surface area contributed by atoms with Crippen molar-refractivity contribution in [2.75, 3.05) is 25.5 Å². The van der Waals surface area contributed by atoms with Crippen LogP contribution in [0.25, 0.3) is 22.4 Å². The van der Waals surface area contributed by atoms with Crippen LogP contribution in [0.3, 0.4) is 0 Å². The average molecular weight is 468 g/mol. The number of nitrogens with zero attached hydrogens (tertiary/aromatic N) is 4. The standard InChI is InChI=1S/C23H22F2N6O3/c1-33-20-10-16-14(11-31(30-16)15-3-5-26-6-4-15)9-17(20)28-22(32)19-12-34-23(29-19)13-2-7-27-18(8-13)21(24)25/h2,7-12,15,21,26H,3-6H2,1H3,(H,28,32). The van der Waals surface area contributed by atoms with Crippen molar-refractivity contribution in [2.45, 2.75) is 25.3 Å². The van der Waals surface area contributed by atoms with E-state index >= 15 is 0 Å². The fourth-order valence-electron chi connectivity index (χ4n) is 3.99. The van der Waals surface area contributed by atoms with E-state index in [1.54, 1.807) is 12.1 Å². The van der Waals surface area contributed by atoms with Crippen LogP contribution in [-0.2, 0) is 0 Å². The summed E-state index contributed by atoms with van der Waals surface area (Å²) in [5.74, 6) is -0.0301. The van der Waals surface area contributed by atoms with Crippen molar-refractivity contribution in [3.8, 4) is 17.2 Å². The summed E-state index contributed by atoms with van der Waals surface area (Å²) < 4.78 is 38.6. The topological polar surface area (TPSA) is 107 Å². The summed E-state index contributed by atoms with van der Waals surface area (Å²) in [5, 5.41) is 11.7. The maximum absolute atomic E-state index is 12.9. The zero-order valence-electron chi connectivity index (χ0n) is 18.3. The van der Waals surface area contributed by atoms with Crippen molar-refractivity contribution < 1.29 is 22.7 Å². The summed E-state index contributed by atoms with van der Waals surface area (Å²) in [6.45, 7) is 1.91. The van der Waals surface area contributed by atoms with E-state index in [2.05, 4.69) is 20.6 Å². The van der Waals surface area contributed by atoms with Crippen molar-refractivity contribution in [3.05, 3.63) is 54.3 Å². The van der Waals surface area contributed by atoms with Gasteiger partial charge in [0.05, 0.1) is 24.4 Å². The van der Waals surface area contributed by atoms with Gasteiger partial charge in [0.1, 0.15) is 17.7 Å². The smallest absolute Gasteiger partial charge is 0.280 e. The van der Waals surface area contributed by atoms with Gasteiger partial charge >= 0.3 is 0 Å². The molecule has 1 fully saturated rings. The summed E-state index contributed by atoms with van der Waals surface area (Å²) in [4.78, 5) is 20.6. The van der Waals surface area contributed by atoms with Crippen LogP contribution in [0.1, 0.15) is 41.5 Å². The van der Waals surface area contributed by atoms with Gasteiger partial charge in [-0.15, -0.1) is 0 Å². The number of alkyl halides is 2. The molecule has 1 saturated heterocycles. The van der Waals surface area contributed by atoms with Crippen LogP contribution in [0, 0.1) is 0 Å². The summed E-state index contributed by atoms with van der Waals surface area (Å²) in [6, 6.07) is 6.56. The molecule has 2 N–H and O–H groups in total. The number of fused-ring (bicyclic) bond motifs is 1. The molecule has 1 aliphatic heterocycles. The maximum Gasteiger partial charge on any atom is 0.280 e. The third-order valence-electron chi connectivity index (χ3n) is 5.76. The molecule has 1 amide bonds. The number of anilines is 1. The third kappa shape index (κ3) is 4.34. The van der Waals surface area contributed by atoms with E-state index in [0.717, 1.165) is 36.8 Å². The van der Waals surface area contributed by atoms with Gasteiger partial charge in [0, 0.05) is 29.4 Å². The van der Waals surface area contributed by atoms with E-state index in [1.165, 1.54) is 31.7 Å². The summed E-state index contributed by atoms with van der Waals surface area (Å²) >= 11 is 0. The Morgan fingerprint density at radius 3 is 2.88 bits per heavy atom. The average Bonchev–Trinajstić information content (AvgIpc) is 3.51. The van der Waals surface area contributed by atoms with E-state index in [1.807, 2.05) is 10.9 Å². The maximum atomic E-state index is 12.9. The number of aromatic nitrogens is 4. The zero-order chi connectivity index (χ0) is 23.7. The number of amides is 1. The quantitative estimate of drug-likeness (QED) is 0.437. The predicted octanol–water partition coefficient (Wildman–Crippen LogP) is 4.21. The number of carbonyl (C=O) groups is 1. The number of pyridine rings is 1. The molecule has 9 nitrogen and oxygen atoms in total. The van der Waals surface area contributed by atoms with Crippen molar-refractivity contribution in [1.82, 2.24) is 25.1 Å². The van der Waals surface area contributed by atoms with E-state index in [4.69, 9.17) is 14.3 Å². The lowest BCUT2D eigenvalue weighted by Crippen LogP contribution is -2.29. The Hall–Kier alpha value is -3.86. The van der Waals surface area contributed by atoms with Crippen molar-refractivity contribution in [3.63, 3.8) is 0 Å². The van der Waals surface area contributed by atoms with Gasteiger partial charge in [-0.05, 0) is 44.1 Å². The van der Waals surface area contributed by atoms with Gasteiger partial charge in [-0.25, -0.2) is 13.8 Å². The van der Waals surface area contributed by atoms with E-state index in [0.29, 0.717) is 23.0 Å². The number of carbonyl (C=O) groups excluding carboxylic acids is 1. The molecular weight excluding hydrogens is 446 g/mol. The molecule has 11 heteroatoms. The first-order valence-electron chi connectivity index (χ1n) is 10.8. The highest BCUT2D eigenvalue weighted by atomic mass is 19.3. The minimum atomic E-state index is -2.72. The largest absolute Gasteiger partial charge is 0.494 e. The molecule has 0 saturated carbocycles. The van der Waals surface area contributed by atoms with Crippen LogP contribution < -0.4 is 15.4 Å². The molecule has 3 aromatic heterocycles. The molecule has 176 valence electrons. The van der Waals surface area contributed by atoms with Crippen molar-refractivity contribution >= 4 is 22.5 Å². The molecule has 0 radical (unpaired) electrons. The highest BCUT2D eigenvalue weighted by molar-refractivity contribution is 6.05. The van der Waals surface area contributed by atoms with Gasteiger partial charge in [-0.1, -0.05) is 0 Å². The minimum Gasteiger partial charge on any atom is -0.494 e. The Morgan fingerprint density at radius 1 is 1.29 bits per heavy atom. The fourth-order valence-corrected chi connectivity index (χ4v) is 3.99. The van der Waals surface area contributed by atoms with Crippen LogP contribution in [0.4, 0.5) is 14.5 Å². The fraction of sp³-hybridized carbons (Fsp3) is 0.304. The highest BCUT2D eigenvalue weighted by Crippen LogP contribution is 2.32. The van der Waals surface area contributed by atoms with E-state index in [-0.39, 0.29) is 11.6 Å². The number of piperidine rings is 1. The molecule has 4 aromatic rings. The molecule has 0 atom stereocenters. The van der Waals surface area contributed by atoms with Crippen LogP contribution in [-0.4, -0.2) is 45.9 Å². The number of nitrogens with one attached hydrogen (secondary N) is 2. The van der Waals surface area contributed by atoms with Gasteiger partial charge in [0.2, 0.25) is 5.89 Å². The lowest BCUT2D eigenvalue weighted by Gasteiger charge is -2.22. The first-order valence-corrected chi connectivity index (χ1v) is 10.8. The zero-order valence-corrected chi connectivity index (χ0v) is 18.3. The first-order chi connectivity index (χ1) is 16.5. The number of halogens is 2. The Bertz CT molecular complexity index is 1330. The number of rotatable bonds is 6. The second-order valence-electron chi connectivity index (χ2n) is 7.96. The number of benzene rings is 1. The number of oxazole rings is 1. The second kappa shape index (κ2) is 9.18. The Balaban J connectivity index is 1.38. The van der Waals surface area contributed by atoms with Crippen LogP contribution in [0.5, 0.6) is 5.75 Å². The molecule has 0 aliphatic carbocycles. The van der Waals surface area contributed by atoms with Gasteiger partial charge in [-0.2, -0.15) is 5.10 Å². The van der Waals surface area contributed by atoms with Gasteiger partial charge < -0.3 is 19.8 Å². The monoisotopic (exact) mass is 468 g/mol. The van der Waals surface area contributed by atoms with Crippen molar-refractivity contribution in [2.24, 2.45) is 0 Å². The van der Waals surface area contributed by atoms with Gasteiger partial charge in [-0.3, -0.25) is 14.5 Å². The number of hydrogen-bond donors (Lipinski definition) is 2. The minimum absolute atomic E-state index is 0.00189. The van der Waals surface area contributed by atoms with Crippen molar-refractivity contribution in [1.29, 1.82) is 0 Å². The third-order valence-corrected chi connectivity index (χ3v) is 5.76. The highest BCUT2D eigenvalue weighted by Gasteiger charge is 2.20. The van der Waals surface area contributed by atoms with Gasteiger partial charge in [0.15, 0.2) is 5.69 Å². The first kappa shape index (κ1) is 22.0. The SMILES string of the molecule is COc1cc2nn(C3CCNCC3)cc2cc1NC(=O)c1coc(-c2ccnc(C(F)F)c2)n1. The summed E-state index contributed by atoms with van der Waals surface area (Å²) in [5.41, 5.74) is 1.12. The van der Waals surface area contributed by atoms with Crippen LogP contribution >= 0.6 is 0 Å². The summed E-state index contributed by atoms with van der Waals surface area (Å²) in [7, 11) is 1.51. The van der Waals surface area contributed by atoms with Gasteiger partial charge in [0.25, 0.3) is 12.3 Å². The number of hydrogen-bond acceptors (Lipinski definition) is 7. The molecule has 0 spiro atoms. The number of ether oxygens (including phenoxy) is 1. The Kier molecular flexibility index (Phi) is 5.93. The normalized spacial score (nSPS) is 14.6. The molecule has 1 aromatic carbocycles.